The van der Waals surface area contributed by atoms with E-state index in [0.29, 0.717) is 23.2 Å². The average molecular weight is 298 g/mol. The van der Waals surface area contributed by atoms with Crippen LogP contribution in [0, 0.1) is 5.92 Å². The minimum Gasteiger partial charge on any atom is -0.342 e. The molecule has 2 atom stereocenters. The van der Waals surface area contributed by atoms with E-state index in [1.807, 2.05) is 22.7 Å². The molecular weight excluding hydrogens is 274 g/mol. The lowest BCUT2D eigenvalue weighted by Gasteiger charge is -2.29. The molecule has 0 spiro atoms. The fourth-order valence-corrected chi connectivity index (χ4v) is 3.43. The van der Waals surface area contributed by atoms with E-state index < -0.39 is 0 Å². The summed E-state index contributed by atoms with van der Waals surface area (Å²) >= 11 is 6.05. The van der Waals surface area contributed by atoms with Gasteiger partial charge in [-0.05, 0) is 37.8 Å². The highest BCUT2D eigenvalue weighted by Gasteiger charge is 2.32. The molecule has 2 rings (SSSR count). The topological polar surface area (TPSA) is 51.3 Å². The van der Waals surface area contributed by atoms with Gasteiger partial charge in [0.05, 0.1) is 5.02 Å². The van der Waals surface area contributed by atoms with Crippen LogP contribution in [0.2, 0.25) is 5.02 Å². The zero-order valence-corrected chi connectivity index (χ0v) is 13.1. The van der Waals surface area contributed by atoms with Crippen molar-refractivity contribution in [3.05, 3.63) is 23.0 Å². The van der Waals surface area contributed by atoms with E-state index in [1.165, 1.54) is 0 Å². The fraction of sp³-hybridized carbons (Fsp3) is 0.667. The molecule has 1 amide bonds. The molecule has 0 aromatic carbocycles. The highest BCUT2D eigenvalue weighted by atomic mass is 35.5. The minimum absolute atomic E-state index is 0.0516. The van der Waals surface area contributed by atoms with Crippen LogP contribution in [-0.4, -0.2) is 35.0 Å². The molecule has 1 saturated carbocycles. The first-order valence-electron chi connectivity index (χ1n) is 7.41. The van der Waals surface area contributed by atoms with E-state index in [1.54, 1.807) is 6.07 Å². The van der Waals surface area contributed by atoms with Gasteiger partial charge in [-0.15, -0.1) is 0 Å². The summed E-state index contributed by atoms with van der Waals surface area (Å²) in [7, 11) is 1.89. The number of halogens is 1. The van der Waals surface area contributed by atoms with Crippen LogP contribution >= 0.6 is 11.6 Å². The quantitative estimate of drug-likeness (QED) is 0.908. The second-order valence-corrected chi connectivity index (χ2v) is 6.08. The van der Waals surface area contributed by atoms with E-state index in [4.69, 9.17) is 17.3 Å². The first kappa shape index (κ1) is 15.4. The molecule has 112 valence electrons. The number of nitrogens with zero attached hydrogens (tertiary/aromatic N) is 2. The van der Waals surface area contributed by atoms with E-state index in [0.717, 1.165) is 32.2 Å². The van der Waals surface area contributed by atoms with Crippen molar-refractivity contribution in [2.24, 2.45) is 11.7 Å². The van der Waals surface area contributed by atoms with Gasteiger partial charge in [0.25, 0.3) is 5.91 Å². The predicted octanol–water partition coefficient (Wildman–Crippen LogP) is 2.75. The number of hydrogen-bond donors (Lipinski definition) is 1. The minimum atomic E-state index is 0.0516. The molecule has 2 N–H and O–H groups in total. The van der Waals surface area contributed by atoms with Crippen molar-refractivity contribution in [2.75, 3.05) is 13.6 Å². The van der Waals surface area contributed by atoms with Crippen LogP contribution in [0.25, 0.3) is 0 Å². The molecule has 5 heteroatoms. The third kappa shape index (κ3) is 3.01. The second-order valence-electron chi connectivity index (χ2n) is 5.65. The molecule has 1 aliphatic carbocycles. The monoisotopic (exact) mass is 297 g/mol. The molecular formula is C15H24ClN3O. The molecule has 4 nitrogen and oxygen atoms in total. The zero-order valence-electron chi connectivity index (χ0n) is 12.3. The van der Waals surface area contributed by atoms with Gasteiger partial charge in [-0.2, -0.15) is 0 Å². The lowest BCUT2D eigenvalue weighted by molar-refractivity contribution is 0.0688. The number of carbonyl (C=O) groups excluding carboxylic acids is 1. The molecule has 1 aromatic heterocycles. The summed E-state index contributed by atoms with van der Waals surface area (Å²) in [5.74, 6) is 0.477. The number of amides is 1. The van der Waals surface area contributed by atoms with Crippen molar-refractivity contribution in [1.29, 1.82) is 0 Å². The normalized spacial score (nSPS) is 22.2. The smallest absolute Gasteiger partial charge is 0.270 e. The predicted molar refractivity (Wildman–Crippen MR) is 82.0 cm³/mol. The summed E-state index contributed by atoms with van der Waals surface area (Å²) in [6.45, 7) is 3.55. The van der Waals surface area contributed by atoms with Gasteiger partial charge in [-0.3, -0.25) is 4.79 Å². The molecule has 1 aromatic rings. The molecule has 2 unspecified atom stereocenters. The van der Waals surface area contributed by atoms with Gasteiger partial charge < -0.3 is 15.2 Å². The first-order chi connectivity index (χ1) is 9.58. The molecule has 0 saturated heterocycles. The summed E-state index contributed by atoms with van der Waals surface area (Å²) in [5.41, 5.74) is 6.50. The van der Waals surface area contributed by atoms with Crippen molar-refractivity contribution in [2.45, 2.75) is 45.2 Å². The Hall–Kier alpha value is -1.00. The van der Waals surface area contributed by atoms with Gasteiger partial charge in [0.1, 0.15) is 5.69 Å². The van der Waals surface area contributed by atoms with Crippen molar-refractivity contribution in [3.63, 3.8) is 0 Å². The Morgan fingerprint density at radius 2 is 2.30 bits per heavy atom. The molecule has 1 aliphatic rings. The van der Waals surface area contributed by atoms with Crippen molar-refractivity contribution >= 4 is 17.5 Å². The van der Waals surface area contributed by atoms with Crippen LogP contribution in [0.15, 0.2) is 12.3 Å². The highest BCUT2D eigenvalue weighted by Crippen LogP contribution is 2.29. The lowest BCUT2D eigenvalue weighted by Crippen LogP contribution is -2.42. The molecule has 1 fully saturated rings. The Bertz CT molecular complexity index is 472. The number of aryl methyl sites for hydroxylation is 1. The summed E-state index contributed by atoms with van der Waals surface area (Å²) < 4.78 is 1.95. The molecule has 0 radical (unpaired) electrons. The Kier molecular flexibility index (Phi) is 5.11. The van der Waals surface area contributed by atoms with Gasteiger partial charge >= 0.3 is 0 Å². The largest absolute Gasteiger partial charge is 0.342 e. The number of hydrogen-bond acceptors (Lipinski definition) is 2. The summed E-state index contributed by atoms with van der Waals surface area (Å²) in [6, 6.07) is 2.03. The van der Waals surface area contributed by atoms with Gasteiger partial charge in [-0.25, -0.2) is 0 Å². The zero-order chi connectivity index (χ0) is 14.7. The highest BCUT2D eigenvalue weighted by molar-refractivity contribution is 6.31. The van der Waals surface area contributed by atoms with E-state index in [9.17, 15) is 4.79 Å². The molecule has 0 bridgehead atoms. The lowest BCUT2D eigenvalue weighted by atomic mass is 10.0. The van der Waals surface area contributed by atoms with Crippen LogP contribution in [0.3, 0.4) is 0 Å². The molecule has 0 aliphatic heterocycles. The van der Waals surface area contributed by atoms with Gasteiger partial charge in [0.2, 0.25) is 0 Å². The van der Waals surface area contributed by atoms with Gasteiger partial charge in [0.15, 0.2) is 0 Å². The van der Waals surface area contributed by atoms with E-state index >= 15 is 0 Å². The summed E-state index contributed by atoms with van der Waals surface area (Å²) in [5, 5.41) is 0.622. The van der Waals surface area contributed by atoms with Gasteiger partial charge in [0, 0.05) is 25.8 Å². The Balaban J connectivity index is 2.18. The summed E-state index contributed by atoms with van der Waals surface area (Å²) in [6.07, 6.45) is 6.13. The maximum Gasteiger partial charge on any atom is 0.270 e. The number of aromatic nitrogens is 1. The maximum atomic E-state index is 12.7. The first-order valence-corrected chi connectivity index (χ1v) is 7.79. The second kappa shape index (κ2) is 6.64. The Morgan fingerprint density at radius 1 is 1.55 bits per heavy atom. The van der Waals surface area contributed by atoms with E-state index in [-0.39, 0.29) is 11.9 Å². The van der Waals surface area contributed by atoms with E-state index in [2.05, 4.69) is 6.92 Å². The number of carbonyl (C=O) groups is 1. The van der Waals surface area contributed by atoms with Crippen LogP contribution < -0.4 is 5.73 Å². The van der Waals surface area contributed by atoms with Crippen LogP contribution in [-0.2, 0) is 6.54 Å². The molecule has 20 heavy (non-hydrogen) atoms. The Labute approximate surface area is 125 Å². The third-order valence-corrected chi connectivity index (χ3v) is 4.49. The SMILES string of the molecule is CCCn1cc(Cl)cc1C(=O)N(C)C1CCCC1CN. The van der Waals surface area contributed by atoms with Crippen LogP contribution in [0.4, 0.5) is 0 Å². The number of nitrogens with two attached hydrogens (primary N) is 1. The van der Waals surface area contributed by atoms with Gasteiger partial charge in [-0.1, -0.05) is 24.9 Å². The molecule has 1 heterocycles. The standard InChI is InChI=1S/C15H24ClN3O/c1-3-7-19-10-12(16)8-14(19)15(20)18(2)13-6-4-5-11(13)9-17/h8,10-11,13H,3-7,9,17H2,1-2H3. The third-order valence-electron chi connectivity index (χ3n) is 4.29. The average Bonchev–Trinajstić information content (AvgIpc) is 3.03. The van der Waals surface area contributed by atoms with Crippen molar-refractivity contribution in [1.82, 2.24) is 9.47 Å². The maximum absolute atomic E-state index is 12.7. The van der Waals surface area contributed by atoms with Crippen LogP contribution in [0.5, 0.6) is 0 Å². The van der Waals surface area contributed by atoms with Crippen molar-refractivity contribution in [3.8, 4) is 0 Å². The summed E-state index contributed by atoms with van der Waals surface area (Å²) in [4.78, 5) is 14.6. The van der Waals surface area contributed by atoms with Crippen molar-refractivity contribution < 1.29 is 4.79 Å². The fourth-order valence-electron chi connectivity index (χ4n) is 3.21. The Morgan fingerprint density at radius 3 is 2.95 bits per heavy atom. The number of rotatable bonds is 5. The van der Waals surface area contributed by atoms with Crippen LogP contribution in [0.1, 0.15) is 43.1 Å².